The summed E-state index contributed by atoms with van der Waals surface area (Å²) in [6.45, 7) is 4.43. The van der Waals surface area contributed by atoms with Gasteiger partial charge in [0.2, 0.25) is 11.9 Å². The van der Waals surface area contributed by atoms with E-state index in [1.54, 1.807) is 11.6 Å². The van der Waals surface area contributed by atoms with E-state index < -0.39 is 6.04 Å². The van der Waals surface area contributed by atoms with Crippen LogP contribution in [0.1, 0.15) is 26.2 Å². The van der Waals surface area contributed by atoms with Crippen LogP contribution in [0, 0.1) is 0 Å². The van der Waals surface area contributed by atoms with E-state index >= 15 is 0 Å². The number of hydrogen-bond acceptors (Lipinski definition) is 6. The summed E-state index contributed by atoms with van der Waals surface area (Å²) in [6, 6.07) is 12.9. The van der Waals surface area contributed by atoms with Crippen molar-refractivity contribution in [2.45, 2.75) is 32.2 Å². The molecule has 1 aliphatic heterocycles. The lowest BCUT2D eigenvalue weighted by atomic mass is 10.2. The number of benzene rings is 2. The van der Waals surface area contributed by atoms with Crippen molar-refractivity contribution in [3.8, 4) is 17.1 Å². The van der Waals surface area contributed by atoms with Gasteiger partial charge in [-0.1, -0.05) is 6.07 Å². The first-order valence-corrected chi connectivity index (χ1v) is 12.9. The summed E-state index contributed by atoms with van der Waals surface area (Å²) < 4.78 is 10.1. The number of carbonyl (C=O) groups is 1. The number of rotatable bonds is 7. The van der Waals surface area contributed by atoms with Crippen LogP contribution in [0.4, 0.5) is 5.95 Å². The Labute approximate surface area is 217 Å². The minimum absolute atomic E-state index is 0.110. The summed E-state index contributed by atoms with van der Waals surface area (Å²) in [4.78, 5) is 22.5. The fourth-order valence-electron chi connectivity index (χ4n) is 4.34. The van der Waals surface area contributed by atoms with Gasteiger partial charge in [0.15, 0.2) is 17.7 Å². The van der Waals surface area contributed by atoms with E-state index in [1.807, 2.05) is 49.4 Å². The number of carbonyl (C=O) groups excluding carboxylic acids is 1. The van der Waals surface area contributed by atoms with Gasteiger partial charge in [-0.15, -0.1) is 5.10 Å². The Morgan fingerprint density at radius 2 is 1.94 bits per heavy atom. The molecular weight excluding hydrogens is 522 g/mol. The van der Waals surface area contributed by atoms with Gasteiger partial charge in [0.05, 0.1) is 19.2 Å². The van der Waals surface area contributed by atoms with Crippen LogP contribution in [-0.4, -0.2) is 69.1 Å². The number of methoxy groups -OCH3 is 1. The average molecular weight is 551 g/mol. The van der Waals surface area contributed by atoms with Gasteiger partial charge < -0.3 is 15.4 Å². The maximum Gasteiger partial charge on any atom is 0.242 e. The molecule has 1 atom stereocenters. The number of hydrogen-bond donors (Lipinski definition) is 2. The number of piperidine rings is 1. The molecule has 10 heteroatoms. The quantitative estimate of drug-likeness (QED) is 0.339. The highest BCUT2D eigenvalue weighted by molar-refractivity contribution is 9.10. The van der Waals surface area contributed by atoms with Crippen LogP contribution in [0.3, 0.4) is 0 Å². The molecule has 186 valence electrons. The predicted octanol–water partition coefficient (Wildman–Crippen LogP) is 3.90. The van der Waals surface area contributed by atoms with Gasteiger partial charge in [-0.25, -0.2) is 14.5 Å². The molecule has 0 saturated carbocycles. The monoisotopic (exact) mass is 550 g/mol. The third-order valence-corrected chi connectivity index (χ3v) is 7.00. The Hall–Kier alpha value is -3.53. The maximum atomic E-state index is 12.8. The van der Waals surface area contributed by atoms with Gasteiger partial charge in [-0.3, -0.25) is 4.79 Å². The predicted molar refractivity (Wildman–Crippen MR) is 144 cm³/mol. The Kier molecular flexibility index (Phi) is 7.13. The van der Waals surface area contributed by atoms with E-state index in [0.29, 0.717) is 24.0 Å². The number of para-hydroxylation sites is 1. The molecule has 4 aromatic rings. The third-order valence-electron chi connectivity index (χ3n) is 6.36. The first-order chi connectivity index (χ1) is 17.5. The molecule has 0 bridgehead atoms. The number of fused-ring (bicyclic) bond motifs is 3. The maximum absolute atomic E-state index is 12.8. The molecule has 2 aromatic heterocycles. The molecule has 0 aliphatic carbocycles. The smallest absolute Gasteiger partial charge is 0.242 e. The lowest BCUT2D eigenvalue weighted by Gasteiger charge is -2.15. The Bertz CT molecular complexity index is 1420. The standard InChI is InChI=1S/C26H28BrN7O2/c1-17(25(35)28-13-16-33-14-4-3-5-15-33)29-26-30-22-20(7-6-8-21(22)27)24-31-23(32-34(24)26)18-9-11-19(36-2)12-10-18/h6-12,16-17H,3-5,13-15H2,1-2H3,(H-,28,29,30,31,32,35)/p+1/t17-/m1/s1. The van der Waals surface area contributed by atoms with Gasteiger partial charge >= 0.3 is 0 Å². The Morgan fingerprint density at radius 1 is 1.17 bits per heavy atom. The Morgan fingerprint density at radius 3 is 2.69 bits per heavy atom. The number of nitrogens with zero attached hydrogens (tertiary/aromatic N) is 5. The van der Waals surface area contributed by atoms with Crippen LogP contribution in [-0.2, 0) is 4.79 Å². The topological polar surface area (TPSA) is 96.5 Å². The fourth-order valence-corrected chi connectivity index (χ4v) is 4.80. The van der Waals surface area contributed by atoms with Crippen molar-refractivity contribution in [1.82, 2.24) is 24.9 Å². The van der Waals surface area contributed by atoms with Crippen molar-refractivity contribution in [3.05, 3.63) is 46.9 Å². The summed E-state index contributed by atoms with van der Waals surface area (Å²) >= 11 is 3.60. The average Bonchev–Trinajstić information content (AvgIpc) is 3.36. The zero-order chi connectivity index (χ0) is 25.1. The van der Waals surface area contributed by atoms with E-state index in [4.69, 9.17) is 19.8 Å². The van der Waals surface area contributed by atoms with E-state index in [2.05, 4.69) is 37.4 Å². The minimum Gasteiger partial charge on any atom is -0.497 e. The Balaban J connectivity index is 1.44. The lowest BCUT2D eigenvalue weighted by molar-refractivity contribution is -0.533. The zero-order valence-electron chi connectivity index (χ0n) is 20.4. The SMILES string of the molecule is COc1ccc(-c2nc3c4cccc(Br)c4nc(N[C@H](C)C(=O)NCC=[N+]4CCCCC4)n3n2)cc1. The second-order valence-electron chi connectivity index (χ2n) is 8.86. The van der Waals surface area contributed by atoms with Crippen LogP contribution >= 0.6 is 15.9 Å². The molecule has 0 unspecified atom stereocenters. The highest BCUT2D eigenvalue weighted by Crippen LogP contribution is 2.29. The van der Waals surface area contributed by atoms with Gasteiger partial charge in [-0.2, -0.15) is 4.52 Å². The molecule has 0 spiro atoms. The van der Waals surface area contributed by atoms with Crippen LogP contribution in [0.15, 0.2) is 46.9 Å². The van der Waals surface area contributed by atoms with Gasteiger partial charge in [0.25, 0.3) is 0 Å². The molecule has 2 N–H and O–H groups in total. The summed E-state index contributed by atoms with van der Waals surface area (Å²) in [5.41, 5.74) is 2.25. The van der Waals surface area contributed by atoms with E-state index in [9.17, 15) is 4.79 Å². The molecule has 1 aliphatic rings. The normalized spacial score (nSPS) is 14.6. The lowest BCUT2D eigenvalue weighted by Crippen LogP contribution is -2.40. The number of amides is 1. The zero-order valence-corrected chi connectivity index (χ0v) is 22.0. The molecule has 1 fully saturated rings. The summed E-state index contributed by atoms with van der Waals surface area (Å²) in [5.74, 6) is 1.65. The molecule has 5 rings (SSSR count). The van der Waals surface area contributed by atoms with Crippen LogP contribution in [0.5, 0.6) is 5.75 Å². The van der Waals surface area contributed by atoms with Crippen molar-refractivity contribution in [2.24, 2.45) is 0 Å². The minimum atomic E-state index is -0.524. The molecule has 2 aromatic carbocycles. The van der Waals surface area contributed by atoms with Crippen LogP contribution in [0.2, 0.25) is 0 Å². The molecule has 36 heavy (non-hydrogen) atoms. The van der Waals surface area contributed by atoms with E-state index in [1.165, 1.54) is 19.3 Å². The van der Waals surface area contributed by atoms with Crippen LogP contribution in [0.25, 0.3) is 27.9 Å². The number of anilines is 1. The summed E-state index contributed by atoms with van der Waals surface area (Å²) in [7, 11) is 1.63. The summed E-state index contributed by atoms with van der Waals surface area (Å²) in [5, 5.41) is 11.8. The van der Waals surface area contributed by atoms with Gasteiger partial charge in [-0.05, 0) is 65.7 Å². The second-order valence-corrected chi connectivity index (χ2v) is 9.72. The number of nitrogens with one attached hydrogen (secondary N) is 2. The molecule has 0 radical (unpaired) electrons. The van der Waals surface area contributed by atoms with Crippen molar-refractivity contribution in [2.75, 3.05) is 32.1 Å². The summed E-state index contributed by atoms with van der Waals surface area (Å²) in [6.07, 6.45) is 5.77. The first kappa shape index (κ1) is 24.2. The number of ether oxygens (including phenoxy) is 1. The van der Waals surface area contributed by atoms with E-state index in [-0.39, 0.29) is 5.91 Å². The first-order valence-electron chi connectivity index (χ1n) is 12.1. The van der Waals surface area contributed by atoms with Crippen LogP contribution < -0.4 is 15.4 Å². The molecule has 1 amide bonds. The highest BCUT2D eigenvalue weighted by Gasteiger charge is 2.20. The van der Waals surface area contributed by atoms with Crippen molar-refractivity contribution >= 4 is 50.6 Å². The molecule has 1 saturated heterocycles. The second kappa shape index (κ2) is 10.6. The molecule has 3 heterocycles. The van der Waals surface area contributed by atoms with Gasteiger partial charge in [0.1, 0.15) is 24.9 Å². The van der Waals surface area contributed by atoms with Crippen molar-refractivity contribution < 1.29 is 14.1 Å². The third kappa shape index (κ3) is 5.04. The number of halogens is 1. The van der Waals surface area contributed by atoms with E-state index in [0.717, 1.165) is 39.8 Å². The molecule has 9 nitrogen and oxygen atoms in total. The fraction of sp³-hybridized carbons (Fsp3) is 0.346. The largest absolute Gasteiger partial charge is 0.497 e. The highest BCUT2D eigenvalue weighted by atomic mass is 79.9. The molecular formula is C26H29BrN7O2+. The van der Waals surface area contributed by atoms with Gasteiger partial charge in [0, 0.05) is 28.3 Å². The van der Waals surface area contributed by atoms with Crippen molar-refractivity contribution in [1.29, 1.82) is 0 Å². The van der Waals surface area contributed by atoms with Crippen molar-refractivity contribution in [3.63, 3.8) is 0 Å². The number of aromatic nitrogens is 4.